The Morgan fingerprint density at radius 3 is 2.66 bits per heavy atom. The zero-order valence-electron chi connectivity index (χ0n) is 15.6. The van der Waals surface area contributed by atoms with Crippen molar-refractivity contribution in [1.82, 2.24) is 20.2 Å². The minimum absolute atomic E-state index is 0.153. The highest BCUT2D eigenvalue weighted by atomic mass is 32.2. The molecule has 4 aromatic rings. The van der Waals surface area contributed by atoms with Crippen LogP contribution in [-0.2, 0) is 17.3 Å². The van der Waals surface area contributed by atoms with Crippen LogP contribution in [0, 0.1) is 0 Å². The maximum Gasteiger partial charge on any atom is 0.270 e. The van der Waals surface area contributed by atoms with Crippen molar-refractivity contribution in [2.24, 2.45) is 5.73 Å². The molecule has 0 radical (unpaired) electrons. The molecule has 4 rings (SSSR count). The number of benzene rings is 2. The Balaban J connectivity index is 1.76. The molecule has 4 N–H and O–H groups in total. The Hall–Kier alpha value is -3.43. The van der Waals surface area contributed by atoms with Gasteiger partial charge < -0.3 is 15.9 Å². The van der Waals surface area contributed by atoms with Crippen LogP contribution in [0.1, 0.15) is 5.56 Å². The van der Waals surface area contributed by atoms with Crippen molar-refractivity contribution in [2.45, 2.75) is 11.4 Å². The van der Waals surface area contributed by atoms with Crippen molar-refractivity contribution in [1.29, 1.82) is 0 Å². The fraction of sp³-hybridized carbons (Fsp3) is 0.100. The summed E-state index contributed by atoms with van der Waals surface area (Å²) in [6, 6.07) is 14.8. The van der Waals surface area contributed by atoms with E-state index in [9.17, 15) is 4.21 Å². The number of hydrogen-bond donors (Lipinski definition) is 2. The van der Waals surface area contributed by atoms with E-state index in [1.54, 1.807) is 12.3 Å². The number of nitrogen functional groups attached to an aromatic ring is 1. The number of anilines is 1. The van der Waals surface area contributed by atoms with Gasteiger partial charge in [0.15, 0.2) is 11.5 Å². The molecule has 8 nitrogen and oxygen atoms in total. The first-order chi connectivity index (χ1) is 14.1. The van der Waals surface area contributed by atoms with Gasteiger partial charge in [-0.1, -0.05) is 30.3 Å². The molecule has 0 amide bonds. The topological polar surface area (TPSA) is 134 Å². The molecule has 29 heavy (non-hydrogen) atoms. The van der Waals surface area contributed by atoms with E-state index in [0.29, 0.717) is 28.6 Å². The van der Waals surface area contributed by atoms with Crippen molar-refractivity contribution in [3.05, 3.63) is 60.3 Å². The molecule has 0 aliphatic heterocycles. The monoisotopic (exact) mass is 406 g/mol. The number of aromatic nitrogens is 4. The first-order valence-electron chi connectivity index (χ1n) is 8.75. The molecule has 0 spiro atoms. The maximum absolute atomic E-state index is 12.1. The Labute approximate surface area is 169 Å². The molecular weight excluding hydrogens is 388 g/mol. The summed E-state index contributed by atoms with van der Waals surface area (Å²) < 4.78 is 17.9. The van der Waals surface area contributed by atoms with Gasteiger partial charge in [0.2, 0.25) is 5.89 Å². The summed E-state index contributed by atoms with van der Waals surface area (Å²) in [5.41, 5.74) is 14.9. The maximum atomic E-state index is 12.1. The second-order valence-corrected chi connectivity index (χ2v) is 7.60. The first kappa shape index (κ1) is 18.9. The molecule has 1 atom stereocenters. The van der Waals surface area contributed by atoms with Crippen LogP contribution in [0.5, 0.6) is 0 Å². The summed E-state index contributed by atoms with van der Waals surface area (Å²) in [5, 5.41) is 8.18. The lowest BCUT2D eigenvalue weighted by Gasteiger charge is -2.08. The van der Waals surface area contributed by atoms with E-state index in [1.807, 2.05) is 42.5 Å². The molecule has 146 valence electrons. The lowest BCUT2D eigenvalue weighted by Crippen LogP contribution is -2.01. The van der Waals surface area contributed by atoms with Crippen LogP contribution in [0.2, 0.25) is 0 Å². The third-order valence-electron chi connectivity index (χ3n) is 4.31. The fourth-order valence-electron chi connectivity index (χ4n) is 2.88. The minimum Gasteiger partial charge on any atom is -0.414 e. The van der Waals surface area contributed by atoms with Crippen LogP contribution >= 0.6 is 0 Å². The van der Waals surface area contributed by atoms with Gasteiger partial charge in [-0.2, -0.15) is 0 Å². The second-order valence-electron chi connectivity index (χ2n) is 6.26. The van der Waals surface area contributed by atoms with Crippen molar-refractivity contribution in [2.75, 3.05) is 12.0 Å². The highest BCUT2D eigenvalue weighted by Gasteiger charge is 2.18. The van der Waals surface area contributed by atoms with Gasteiger partial charge in [0.25, 0.3) is 5.89 Å². The van der Waals surface area contributed by atoms with Gasteiger partial charge in [-0.15, -0.1) is 10.2 Å². The van der Waals surface area contributed by atoms with E-state index < -0.39 is 10.8 Å². The molecule has 2 heterocycles. The average molecular weight is 406 g/mol. The van der Waals surface area contributed by atoms with Gasteiger partial charge in [-0.05, 0) is 23.8 Å². The van der Waals surface area contributed by atoms with Crippen LogP contribution in [-0.4, -0.2) is 30.6 Å². The third-order valence-corrected chi connectivity index (χ3v) is 5.29. The quantitative estimate of drug-likeness (QED) is 0.516. The zero-order valence-corrected chi connectivity index (χ0v) is 16.4. The number of nitrogens with two attached hydrogens (primary N) is 2. The average Bonchev–Trinajstić information content (AvgIpc) is 3.24. The first-order valence-corrected chi connectivity index (χ1v) is 10.3. The predicted octanol–water partition coefficient (Wildman–Crippen LogP) is 2.64. The van der Waals surface area contributed by atoms with Crippen LogP contribution in [0.3, 0.4) is 0 Å². The predicted molar refractivity (Wildman–Crippen MR) is 111 cm³/mol. The molecule has 0 saturated heterocycles. The lowest BCUT2D eigenvalue weighted by molar-refractivity contribution is 0.582. The van der Waals surface area contributed by atoms with Crippen molar-refractivity contribution in [3.63, 3.8) is 0 Å². The number of nitrogens with zero attached hydrogens (tertiary/aromatic N) is 4. The van der Waals surface area contributed by atoms with Gasteiger partial charge in [0, 0.05) is 28.8 Å². The molecule has 0 saturated carbocycles. The number of hydrogen-bond acceptors (Lipinski definition) is 8. The van der Waals surface area contributed by atoms with Crippen LogP contribution in [0.25, 0.3) is 34.3 Å². The Bertz CT molecular complexity index is 1210. The molecule has 9 heteroatoms. The summed E-state index contributed by atoms with van der Waals surface area (Å²) in [6.07, 6.45) is 3.15. The molecule has 2 aromatic carbocycles. The third kappa shape index (κ3) is 3.78. The van der Waals surface area contributed by atoms with Crippen LogP contribution in [0.4, 0.5) is 5.82 Å². The van der Waals surface area contributed by atoms with Crippen molar-refractivity contribution < 1.29 is 8.63 Å². The summed E-state index contributed by atoms with van der Waals surface area (Å²) in [5.74, 6) is 0.645. The molecule has 0 aliphatic rings. The molecule has 0 bridgehead atoms. The van der Waals surface area contributed by atoms with E-state index in [4.69, 9.17) is 15.9 Å². The van der Waals surface area contributed by atoms with Crippen molar-refractivity contribution >= 4 is 16.6 Å². The minimum atomic E-state index is -1.18. The summed E-state index contributed by atoms with van der Waals surface area (Å²) in [7, 11) is -1.18. The van der Waals surface area contributed by atoms with Gasteiger partial charge in [-0.3, -0.25) is 4.21 Å². The summed E-state index contributed by atoms with van der Waals surface area (Å²) in [4.78, 5) is 9.43. The molecule has 1 unspecified atom stereocenters. The van der Waals surface area contributed by atoms with Crippen LogP contribution in [0.15, 0.2) is 64.0 Å². The SMILES string of the molecule is CS(=O)c1ccccc1-c1cnc(N)c(-c2nnc(-c3cccc(CN)c3)o2)n1. The van der Waals surface area contributed by atoms with Gasteiger partial charge in [0.1, 0.15) is 0 Å². The molecule has 0 fully saturated rings. The van der Waals surface area contributed by atoms with Crippen LogP contribution < -0.4 is 11.5 Å². The normalized spacial score (nSPS) is 12.1. The summed E-state index contributed by atoms with van der Waals surface area (Å²) >= 11 is 0. The van der Waals surface area contributed by atoms with E-state index in [1.165, 1.54) is 6.20 Å². The second kappa shape index (κ2) is 7.90. The molecular formula is C20H18N6O2S. The van der Waals surface area contributed by atoms with Gasteiger partial charge in [0.05, 0.1) is 22.7 Å². The summed E-state index contributed by atoms with van der Waals surface area (Å²) in [6.45, 7) is 0.410. The van der Waals surface area contributed by atoms with E-state index >= 15 is 0 Å². The molecule has 0 aliphatic carbocycles. The standard InChI is InChI=1S/C20H18N6O2S/c1-29(27)16-8-3-2-7-14(16)15-11-23-18(22)17(24-15)20-26-25-19(28-20)13-6-4-5-12(9-13)10-21/h2-9,11H,10,21H2,1H3,(H2,22,23). The Morgan fingerprint density at radius 2 is 1.86 bits per heavy atom. The molecule has 2 aromatic heterocycles. The highest BCUT2D eigenvalue weighted by molar-refractivity contribution is 7.84. The van der Waals surface area contributed by atoms with E-state index in [2.05, 4.69) is 20.2 Å². The fourth-order valence-corrected chi connectivity index (χ4v) is 3.63. The Kier molecular flexibility index (Phi) is 5.15. The smallest absolute Gasteiger partial charge is 0.270 e. The highest BCUT2D eigenvalue weighted by Crippen LogP contribution is 2.30. The zero-order chi connectivity index (χ0) is 20.4. The lowest BCUT2D eigenvalue weighted by atomic mass is 10.1. The number of rotatable bonds is 5. The Morgan fingerprint density at radius 1 is 1.07 bits per heavy atom. The van der Waals surface area contributed by atoms with Gasteiger partial charge >= 0.3 is 0 Å². The van der Waals surface area contributed by atoms with E-state index in [0.717, 1.165) is 11.1 Å². The largest absolute Gasteiger partial charge is 0.414 e. The van der Waals surface area contributed by atoms with Crippen molar-refractivity contribution in [3.8, 4) is 34.3 Å². The van der Waals surface area contributed by atoms with E-state index in [-0.39, 0.29) is 17.4 Å². The van der Waals surface area contributed by atoms with Gasteiger partial charge in [-0.25, -0.2) is 9.97 Å².